The minimum absolute atomic E-state index is 0.102. The summed E-state index contributed by atoms with van der Waals surface area (Å²) in [6.07, 6.45) is 5.58. The molecule has 0 aromatic heterocycles. The highest BCUT2D eigenvalue weighted by molar-refractivity contribution is 5.44. The molecule has 122 valence electrons. The average molecular weight is 320 g/mol. The van der Waals surface area contributed by atoms with Crippen LogP contribution in [0.25, 0.3) is 0 Å². The Kier molecular flexibility index (Phi) is 6.23. The second kappa shape index (κ2) is 8.60. The SMILES string of the molecule is CCCC(C)C(c1ccc(OC#N)cc1)c1ccccc1OC#N. The van der Waals surface area contributed by atoms with Crippen LogP contribution < -0.4 is 9.47 Å². The zero-order valence-electron chi connectivity index (χ0n) is 13.9. The standard InChI is InChI=1S/C20H20N2O2/c1-3-6-15(2)20(16-9-11-17(12-10-16)23-13-21)18-7-4-5-8-19(18)24-14-22/h4-5,7-12,15,20H,3,6H2,1-2H3. The van der Waals surface area contributed by atoms with Gasteiger partial charge >= 0.3 is 0 Å². The summed E-state index contributed by atoms with van der Waals surface area (Å²) < 4.78 is 10.0. The largest absolute Gasteiger partial charge is 0.388 e. The fraction of sp³-hybridized carbons (Fsp3) is 0.300. The molecule has 0 heterocycles. The van der Waals surface area contributed by atoms with Gasteiger partial charge in [-0.25, -0.2) is 0 Å². The first-order valence-corrected chi connectivity index (χ1v) is 8.02. The van der Waals surface area contributed by atoms with Gasteiger partial charge in [-0.1, -0.05) is 57.0 Å². The van der Waals surface area contributed by atoms with Crippen LogP contribution in [0, 0.1) is 29.0 Å². The molecular weight excluding hydrogens is 300 g/mol. The highest BCUT2D eigenvalue weighted by atomic mass is 16.5. The zero-order chi connectivity index (χ0) is 17.4. The summed E-state index contributed by atoms with van der Waals surface area (Å²) in [5, 5.41) is 17.5. The van der Waals surface area contributed by atoms with Crippen molar-refractivity contribution in [2.24, 2.45) is 5.92 Å². The van der Waals surface area contributed by atoms with Crippen molar-refractivity contribution in [3.63, 3.8) is 0 Å². The number of para-hydroxylation sites is 1. The molecule has 0 fully saturated rings. The van der Waals surface area contributed by atoms with Crippen LogP contribution in [0.15, 0.2) is 48.5 Å². The quantitative estimate of drug-likeness (QED) is 0.675. The van der Waals surface area contributed by atoms with Crippen molar-refractivity contribution in [3.8, 4) is 24.0 Å². The van der Waals surface area contributed by atoms with Crippen LogP contribution in [0.3, 0.4) is 0 Å². The number of hydrogen-bond acceptors (Lipinski definition) is 4. The van der Waals surface area contributed by atoms with Crippen molar-refractivity contribution in [2.45, 2.75) is 32.6 Å². The van der Waals surface area contributed by atoms with E-state index in [1.165, 1.54) is 0 Å². The number of nitrogens with zero attached hydrogens (tertiary/aromatic N) is 2. The molecule has 0 amide bonds. The Hall–Kier alpha value is -2.98. The molecule has 4 nitrogen and oxygen atoms in total. The molecule has 2 aromatic rings. The van der Waals surface area contributed by atoms with Gasteiger partial charge in [-0.05, 0) is 29.7 Å². The van der Waals surface area contributed by atoms with Gasteiger partial charge in [-0.3, -0.25) is 0 Å². The Bertz CT molecular complexity index is 741. The second-order valence-corrected chi connectivity index (χ2v) is 5.74. The third-order valence-corrected chi connectivity index (χ3v) is 4.13. The van der Waals surface area contributed by atoms with Crippen molar-refractivity contribution in [1.29, 1.82) is 10.5 Å². The third kappa shape index (κ3) is 4.06. The molecule has 24 heavy (non-hydrogen) atoms. The molecule has 0 aliphatic carbocycles. The summed E-state index contributed by atoms with van der Waals surface area (Å²) in [5.74, 6) is 1.59. The maximum absolute atomic E-state index is 8.91. The first kappa shape index (κ1) is 17.4. The van der Waals surface area contributed by atoms with Crippen molar-refractivity contribution in [3.05, 3.63) is 59.7 Å². The Morgan fingerprint density at radius 1 is 0.958 bits per heavy atom. The van der Waals surface area contributed by atoms with Crippen molar-refractivity contribution < 1.29 is 9.47 Å². The van der Waals surface area contributed by atoms with Crippen LogP contribution in [0.4, 0.5) is 0 Å². The van der Waals surface area contributed by atoms with E-state index in [1.807, 2.05) is 36.4 Å². The molecule has 2 atom stereocenters. The van der Waals surface area contributed by atoms with Crippen LogP contribution >= 0.6 is 0 Å². The van der Waals surface area contributed by atoms with E-state index in [4.69, 9.17) is 20.0 Å². The summed E-state index contributed by atoms with van der Waals surface area (Å²) >= 11 is 0. The lowest BCUT2D eigenvalue weighted by Gasteiger charge is -2.26. The summed E-state index contributed by atoms with van der Waals surface area (Å²) in [7, 11) is 0. The van der Waals surface area contributed by atoms with E-state index in [2.05, 4.69) is 13.8 Å². The third-order valence-electron chi connectivity index (χ3n) is 4.13. The lowest BCUT2D eigenvalue weighted by atomic mass is 9.79. The molecule has 2 unspecified atom stereocenters. The van der Waals surface area contributed by atoms with Crippen LogP contribution in [0.5, 0.6) is 11.5 Å². The molecule has 0 aliphatic rings. The number of nitriles is 2. The second-order valence-electron chi connectivity index (χ2n) is 5.74. The number of benzene rings is 2. The Morgan fingerprint density at radius 3 is 2.25 bits per heavy atom. The van der Waals surface area contributed by atoms with E-state index in [0.29, 0.717) is 17.4 Å². The fourth-order valence-electron chi connectivity index (χ4n) is 3.11. The minimum atomic E-state index is 0.102. The van der Waals surface area contributed by atoms with Gasteiger partial charge in [0, 0.05) is 11.5 Å². The number of rotatable bonds is 7. The van der Waals surface area contributed by atoms with Gasteiger partial charge in [0.05, 0.1) is 0 Å². The number of ether oxygens (including phenoxy) is 2. The van der Waals surface area contributed by atoms with E-state index >= 15 is 0 Å². The normalized spacial score (nSPS) is 12.5. The van der Waals surface area contributed by atoms with E-state index in [0.717, 1.165) is 24.0 Å². The van der Waals surface area contributed by atoms with E-state index in [-0.39, 0.29) is 5.92 Å². The van der Waals surface area contributed by atoms with Crippen LogP contribution in [-0.4, -0.2) is 0 Å². The average Bonchev–Trinajstić information content (AvgIpc) is 2.59. The van der Waals surface area contributed by atoms with Gasteiger partial charge in [0.25, 0.3) is 12.5 Å². The zero-order valence-corrected chi connectivity index (χ0v) is 13.9. The first-order chi connectivity index (χ1) is 11.7. The maximum Gasteiger partial charge on any atom is 0.292 e. The Morgan fingerprint density at radius 2 is 1.62 bits per heavy atom. The predicted octanol–water partition coefficient (Wildman–Crippen LogP) is 4.97. The lowest BCUT2D eigenvalue weighted by Crippen LogP contribution is -2.12. The molecule has 2 rings (SSSR count). The van der Waals surface area contributed by atoms with Gasteiger partial charge < -0.3 is 9.47 Å². The fourth-order valence-corrected chi connectivity index (χ4v) is 3.11. The van der Waals surface area contributed by atoms with Crippen LogP contribution in [-0.2, 0) is 0 Å². The van der Waals surface area contributed by atoms with Crippen molar-refractivity contribution >= 4 is 0 Å². The van der Waals surface area contributed by atoms with Crippen molar-refractivity contribution in [1.82, 2.24) is 0 Å². The summed E-state index contributed by atoms with van der Waals surface area (Å²) in [4.78, 5) is 0. The first-order valence-electron chi connectivity index (χ1n) is 8.02. The predicted molar refractivity (Wildman–Crippen MR) is 91.3 cm³/mol. The van der Waals surface area contributed by atoms with Gasteiger partial charge in [0.1, 0.15) is 11.5 Å². The summed E-state index contributed by atoms with van der Waals surface area (Å²) in [6.45, 7) is 4.37. The smallest absolute Gasteiger partial charge is 0.292 e. The maximum atomic E-state index is 8.91. The lowest BCUT2D eigenvalue weighted by molar-refractivity contribution is 0.443. The molecule has 0 saturated carbocycles. The van der Waals surface area contributed by atoms with Gasteiger partial charge in [-0.15, -0.1) is 10.5 Å². The molecule has 0 bridgehead atoms. The van der Waals surface area contributed by atoms with E-state index < -0.39 is 0 Å². The molecular formula is C20H20N2O2. The Balaban J connectivity index is 2.46. The summed E-state index contributed by atoms with van der Waals surface area (Å²) in [5.41, 5.74) is 2.10. The molecule has 0 aliphatic heterocycles. The molecule has 0 spiro atoms. The van der Waals surface area contributed by atoms with Gasteiger partial charge in [0.15, 0.2) is 0 Å². The van der Waals surface area contributed by atoms with Crippen molar-refractivity contribution in [2.75, 3.05) is 0 Å². The highest BCUT2D eigenvalue weighted by Gasteiger charge is 2.24. The Labute approximate surface area is 142 Å². The van der Waals surface area contributed by atoms with Crippen LogP contribution in [0.1, 0.15) is 43.7 Å². The van der Waals surface area contributed by atoms with E-state index in [1.54, 1.807) is 24.6 Å². The number of hydrogen-bond donors (Lipinski definition) is 0. The van der Waals surface area contributed by atoms with Gasteiger partial charge in [-0.2, -0.15) is 0 Å². The summed E-state index contributed by atoms with van der Waals surface area (Å²) in [6, 6.07) is 15.1. The molecule has 0 radical (unpaired) electrons. The van der Waals surface area contributed by atoms with Gasteiger partial charge in [0.2, 0.25) is 0 Å². The molecule has 0 saturated heterocycles. The highest BCUT2D eigenvalue weighted by Crippen LogP contribution is 2.39. The monoisotopic (exact) mass is 320 g/mol. The van der Waals surface area contributed by atoms with E-state index in [9.17, 15) is 0 Å². The molecule has 0 N–H and O–H groups in total. The topological polar surface area (TPSA) is 66.0 Å². The molecule has 4 heteroatoms. The minimum Gasteiger partial charge on any atom is -0.388 e. The molecule has 2 aromatic carbocycles. The van der Waals surface area contributed by atoms with Crippen LogP contribution in [0.2, 0.25) is 0 Å².